The lowest BCUT2D eigenvalue weighted by atomic mass is 10.2. The van der Waals surface area contributed by atoms with Gasteiger partial charge in [-0.25, -0.2) is 9.37 Å². The number of hydrogen-bond acceptors (Lipinski definition) is 4. The number of thiazole rings is 1. The van der Waals surface area contributed by atoms with Crippen molar-refractivity contribution in [2.75, 3.05) is 11.1 Å². The van der Waals surface area contributed by atoms with Gasteiger partial charge in [-0.05, 0) is 48.9 Å². The predicted molar refractivity (Wildman–Crippen MR) is 108 cm³/mol. The molecule has 3 rings (SSSR count). The van der Waals surface area contributed by atoms with Gasteiger partial charge in [-0.2, -0.15) is 0 Å². The van der Waals surface area contributed by atoms with Crippen molar-refractivity contribution in [1.29, 1.82) is 0 Å². The Morgan fingerprint density at radius 1 is 1.27 bits per heavy atom. The van der Waals surface area contributed by atoms with Gasteiger partial charge in [0.05, 0.1) is 16.5 Å². The van der Waals surface area contributed by atoms with E-state index in [1.807, 2.05) is 11.4 Å². The summed E-state index contributed by atoms with van der Waals surface area (Å²) >= 11 is 14.9. The van der Waals surface area contributed by atoms with Gasteiger partial charge in [0.2, 0.25) is 5.91 Å². The highest BCUT2D eigenvalue weighted by Gasteiger charge is 2.11. The smallest absolute Gasteiger partial charge is 0.234 e. The molecule has 0 unspecified atom stereocenters. The van der Waals surface area contributed by atoms with E-state index in [4.69, 9.17) is 23.2 Å². The van der Waals surface area contributed by atoms with Crippen LogP contribution in [0.15, 0.2) is 46.1 Å². The first-order valence-corrected chi connectivity index (χ1v) is 10.1. The fourth-order valence-electron chi connectivity index (χ4n) is 2.23. The van der Waals surface area contributed by atoms with Crippen molar-refractivity contribution < 1.29 is 9.18 Å². The molecule has 0 spiro atoms. The predicted octanol–water partition coefficient (Wildman–Crippen LogP) is 6.30. The molecule has 1 aromatic heterocycles. The van der Waals surface area contributed by atoms with Gasteiger partial charge in [-0.3, -0.25) is 4.79 Å². The van der Waals surface area contributed by atoms with E-state index in [2.05, 4.69) is 10.3 Å². The Bertz CT molecular complexity index is 962. The third kappa shape index (κ3) is 4.76. The Labute approximate surface area is 168 Å². The normalized spacial score (nSPS) is 10.8. The number of benzene rings is 2. The maximum Gasteiger partial charge on any atom is 0.234 e. The zero-order valence-corrected chi connectivity index (χ0v) is 16.7. The number of amides is 1. The minimum absolute atomic E-state index is 0.175. The molecule has 0 fully saturated rings. The van der Waals surface area contributed by atoms with Crippen LogP contribution >= 0.6 is 46.3 Å². The molecular formula is C18H13Cl2FN2OS2. The molecule has 26 heavy (non-hydrogen) atoms. The highest BCUT2D eigenvalue weighted by molar-refractivity contribution is 8.01. The van der Waals surface area contributed by atoms with E-state index < -0.39 is 0 Å². The van der Waals surface area contributed by atoms with E-state index in [0.717, 1.165) is 15.6 Å². The number of anilines is 1. The van der Waals surface area contributed by atoms with Gasteiger partial charge in [0.15, 0.2) is 4.34 Å². The Balaban J connectivity index is 1.61. The lowest BCUT2D eigenvalue weighted by Gasteiger charge is -2.07. The molecule has 0 atom stereocenters. The lowest BCUT2D eigenvalue weighted by Crippen LogP contribution is -2.14. The molecule has 1 heterocycles. The number of hydrogen-bond donors (Lipinski definition) is 1. The summed E-state index contributed by atoms with van der Waals surface area (Å²) in [6.07, 6.45) is 0. The van der Waals surface area contributed by atoms with E-state index in [-0.39, 0.29) is 17.5 Å². The van der Waals surface area contributed by atoms with Gasteiger partial charge in [-0.15, -0.1) is 11.3 Å². The van der Waals surface area contributed by atoms with Crippen molar-refractivity contribution in [1.82, 2.24) is 4.98 Å². The monoisotopic (exact) mass is 426 g/mol. The number of rotatable bonds is 5. The van der Waals surface area contributed by atoms with Crippen molar-refractivity contribution in [3.8, 4) is 11.3 Å². The molecule has 0 aliphatic heterocycles. The molecular weight excluding hydrogens is 414 g/mol. The summed E-state index contributed by atoms with van der Waals surface area (Å²) in [5.41, 5.74) is 2.82. The Morgan fingerprint density at radius 3 is 2.81 bits per heavy atom. The first-order valence-electron chi connectivity index (χ1n) is 7.52. The van der Waals surface area contributed by atoms with Crippen LogP contribution in [0.1, 0.15) is 5.56 Å². The highest BCUT2D eigenvalue weighted by Crippen LogP contribution is 2.33. The number of aromatic nitrogens is 1. The number of carbonyl (C=O) groups is 1. The summed E-state index contributed by atoms with van der Waals surface area (Å²) in [6.45, 7) is 1.74. The summed E-state index contributed by atoms with van der Waals surface area (Å²) in [7, 11) is 0. The minimum Gasteiger partial charge on any atom is -0.325 e. The molecule has 0 saturated carbocycles. The fourth-order valence-corrected chi connectivity index (χ4v) is 4.36. The van der Waals surface area contributed by atoms with Gasteiger partial charge < -0.3 is 5.32 Å². The van der Waals surface area contributed by atoms with Crippen molar-refractivity contribution in [2.24, 2.45) is 0 Å². The van der Waals surface area contributed by atoms with E-state index in [9.17, 15) is 9.18 Å². The zero-order valence-electron chi connectivity index (χ0n) is 13.6. The van der Waals surface area contributed by atoms with E-state index in [0.29, 0.717) is 21.3 Å². The fraction of sp³-hybridized carbons (Fsp3) is 0.111. The van der Waals surface area contributed by atoms with Crippen LogP contribution in [0.3, 0.4) is 0 Å². The molecule has 0 saturated heterocycles. The van der Waals surface area contributed by atoms with Crippen molar-refractivity contribution in [3.63, 3.8) is 0 Å². The molecule has 2 aromatic carbocycles. The van der Waals surface area contributed by atoms with E-state index >= 15 is 0 Å². The summed E-state index contributed by atoms with van der Waals surface area (Å²) in [4.78, 5) is 16.6. The lowest BCUT2D eigenvalue weighted by molar-refractivity contribution is -0.113. The third-order valence-electron chi connectivity index (χ3n) is 3.48. The second-order valence-electron chi connectivity index (χ2n) is 5.42. The van der Waals surface area contributed by atoms with Crippen LogP contribution in [0.25, 0.3) is 11.3 Å². The number of nitrogens with one attached hydrogen (secondary N) is 1. The highest BCUT2D eigenvalue weighted by atomic mass is 35.5. The second kappa shape index (κ2) is 8.39. The molecule has 0 radical (unpaired) electrons. The van der Waals surface area contributed by atoms with E-state index in [1.165, 1.54) is 35.2 Å². The van der Waals surface area contributed by atoms with Crippen LogP contribution in [0.4, 0.5) is 10.1 Å². The summed E-state index contributed by atoms with van der Waals surface area (Å²) in [5.74, 6) is -0.296. The maximum absolute atomic E-state index is 13.1. The number of nitrogens with zero attached hydrogens (tertiary/aromatic N) is 1. The molecule has 134 valence electrons. The van der Waals surface area contributed by atoms with Gasteiger partial charge in [-0.1, -0.05) is 35.0 Å². The quantitative estimate of drug-likeness (QED) is 0.486. The van der Waals surface area contributed by atoms with Crippen LogP contribution in [0.5, 0.6) is 0 Å². The molecule has 3 nitrogen and oxygen atoms in total. The molecule has 8 heteroatoms. The minimum atomic E-state index is -0.328. The molecule has 3 aromatic rings. The third-order valence-corrected chi connectivity index (χ3v) is 6.05. The Morgan fingerprint density at radius 2 is 2.08 bits per heavy atom. The standard InChI is InChI=1S/C18H13Cl2FN2OS2/c1-10-6-12(21)3-5-15(10)22-17(24)9-26-18-23-16(8-25-18)13-4-2-11(19)7-14(13)20/h2-8H,9H2,1H3,(H,22,24). The van der Waals surface area contributed by atoms with Crippen molar-refractivity contribution in [2.45, 2.75) is 11.3 Å². The van der Waals surface area contributed by atoms with Crippen LogP contribution in [0, 0.1) is 12.7 Å². The molecule has 0 bridgehead atoms. The average molecular weight is 427 g/mol. The summed E-state index contributed by atoms with van der Waals surface area (Å²) < 4.78 is 13.9. The number of thioether (sulfide) groups is 1. The Hall–Kier alpha value is -1.60. The first-order chi connectivity index (χ1) is 12.4. The zero-order chi connectivity index (χ0) is 18.7. The molecule has 1 N–H and O–H groups in total. The topological polar surface area (TPSA) is 42.0 Å². The van der Waals surface area contributed by atoms with Crippen LogP contribution in [-0.2, 0) is 4.79 Å². The summed E-state index contributed by atoms with van der Waals surface area (Å²) in [5, 5.41) is 5.76. The SMILES string of the molecule is Cc1cc(F)ccc1NC(=O)CSc1nc(-c2ccc(Cl)cc2Cl)cs1. The number of halogens is 3. The first kappa shape index (κ1) is 19.2. The van der Waals surface area contributed by atoms with E-state index in [1.54, 1.807) is 25.1 Å². The molecule has 0 aliphatic rings. The van der Waals surface area contributed by atoms with Crippen LogP contribution in [-0.4, -0.2) is 16.6 Å². The molecule has 0 aliphatic carbocycles. The van der Waals surface area contributed by atoms with Gasteiger partial charge >= 0.3 is 0 Å². The van der Waals surface area contributed by atoms with Gasteiger partial charge in [0.1, 0.15) is 5.82 Å². The second-order valence-corrected chi connectivity index (χ2v) is 8.34. The number of carbonyl (C=O) groups excluding carboxylic acids is 1. The van der Waals surface area contributed by atoms with Crippen molar-refractivity contribution >= 4 is 57.9 Å². The maximum atomic E-state index is 13.1. The Kier molecular flexibility index (Phi) is 6.19. The largest absolute Gasteiger partial charge is 0.325 e. The van der Waals surface area contributed by atoms with Gasteiger partial charge in [0, 0.05) is 21.7 Å². The average Bonchev–Trinajstić information content (AvgIpc) is 3.04. The number of aryl methyl sites for hydroxylation is 1. The van der Waals surface area contributed by atoms with Crippen LogP contribution < -0.4 is 5.32 Å². The van der Waals surface area contributed by atoms with Gasteiger partial charge in [0.25, 0.3) is 0 Å². The summed E-state index contributed by atoms with van der Waals surface area (Å²) in [6, 6.07) is 9.50. The van der Waals surface area contributed by atoms with Crippen LogP contribution in [0.2, 0.25) is 10.0 Å². The van der Waals surface area contributed by atoms with Crippen molar-refractivity contribution in [3.05, 3.63) is 63.2 Å². The molecule has 1 amide bonds.